The molecule has 1 aromatic heterocycles. The highest BCUT2D eigenvalue weighted by Gasteiger charge is 2.26. The summed E-state index contributed by atoms with van der Waals surface area (Å²) >= 11 is 1.24. The Kier molecular flexibility index (Phi) is 2.62. The van der Waals surface area contributed by atoms with E-state index in [9.17, 15) is 4.79 Å². The molecule has 6 heteroatoms. The minimum atomic E-state index is -0.819. The van der Waals surface area contributed by atoms with Gasteiger partial charge in [-0.2, -0.15) is 4.37 Å². The Balaban J connectivity index is 2.00. The molecule has 1 aliphatic rings. The Labute approximate surface area is 85.6 Å². The monoisotopic (exact) mass is 213 g/mol. The standard InChI is InChI=1S/C8H11N3O2S/c12-7(13)4-11(3-6-1-2-6)8-9-5-10-14-8/h5-6H,1-4H2,(H,12,13). The Hall–Kier alpha value is -1.17. The molecule has 0 atom stereocenters. The first kappa shape index (κ1) is 9.39. The van der Waals surface area contributed by atoms with Gasteiger partial charge in [0.25, 0.3) is 0 Å². The SMILES string of the molecule is O=C(O)CN(CC1CC1)c1ncns1. The lowest BCUT2D eigenvalue weighted by molar-refractivity contribution is -0.135. The fourth-order valence-electron chi connectivity index (χ4n) is 1.29. The van der Waals surface area contributed by atoms with E-state index in [4.69, 9.17) is 5.11 Å². The lowest BCUT2D eigenvalue weighted by Crippen LogP contribution is -2.31. The minimum Gasteiger partial charge on any atom is -0.480 e. The largest absolute Gasteiger partial charge is 0.480 e. The number of nitrogens with zero attached hydrogens (tertiary/aromatic N) is 3. The van der Waals surface area contributed by atoms with Gasteiger partial charge in [0.2, 0.25) is 5.13 Å². The van der Waals surface area contributed by atoms with E-state index in [1.807, 2.05) is 0 Å². The van der Waals surface area contributed by atoms with Gasteiger partial charge in [-0.15, -0.1) is 0 Å². The molecular weight excluding hydrogens is 202 g/mol. The van der Waals surface area contributed by atoms with Crippen LogP contribution in [0.1, 0.15) is 12.8 Å². The molecule has 0 amide bonds. The van der Waals surface area contributed by atoms with Crippen LogP contribution in [-0.4, -0.2) is 33.5 Å². The summed E-state index contributed by atoms with van der Waals surface area (Å²) in [5.74, 6) is -0.168. The molecule has 0 spiro atoms. The van der Waals surface area contributed by atoms with Crippen LogP contribution in [0.15, 0.2) is 6.33 Å². The summed E-state index contributed by atoms with van der Waals surface area (Å²) in [6.07, 6.45) is 3.87. The van der Waals surface area contributed by atoms with Gasteiger partial charge < -0.3 is 10.0 Å². The molecule has 0 aliphatic heterocycles. The average Bonchev–Trinajstić information content (AvgIpc) is 2.79. The lowest BCUT2D eigenvalue weighted by Gasteiger charge is -2.18. The maximum atomic E-state index is 10.6. The van der Waals surface area contributed by atoms with E-state index >= 15 is 0 Å². The third kappa shape index (κ3) is 2.41. The molecule has 1 N–H and O–H groups in total. The van der Waals surface area contributed by atoms with Crippen LogP contribution in [0.4, 0.5) is 5.13 Å². The van der Waals surface area contributed by atoms with E-state index in [0.717, 1.165) is 6.54 Å². The number of anilines is 1. The van der Waals surface area contributed by atoms with E-state index in [1.165, 1.54) is 30.7 Å². The van der Waals surface area contributed by atoms with Gasteiger partial charge in [-0.05, 0) is 18.8 Å². The van der Waals surface area contributed by atoms with Crippen molar-refractivity contribution in [2.45, 2.75) is 12.8 Å². The predicted octanol–water partition coefficient (Wildman–Crippen LogP) is 0.839. The normalized spacial score (nSPS) is 15.4. The van der Waals surface area contributed by atoms with Crippen LogP contribution in [0.5, 0.6) is 0 Å². The number of carboxylic acid groups (broad SMARTS) is 1. The molecule has 0 unspecified atom stereocenters. The number of carbonyl (C=O) groups is 1. The van der Waals surface area contributed by atoms with Crippen molar-refractivity contribution in [2.75, 3.05) is 18.0 Å². The lowest BCUT2D eigenvalue weighted by atomic mass is 10.4. The molecule has 1 heterocycles. The van der Waals surface area contributed by atoms with Gasteiger partial charge in [0.1, 0.15) is 12.9 Å². The maximum absolute atomic E-state index is 10.6. The average molecular weight is 213 g/mol. The summed E-state index contributed by atoms with van der Waals surface area (Å²) in [4.78, 5) is 16.4. The highest BCUT2D eigenvalue weighted by Crippen LogP contribution is 2.31. The Morgan fingerprint density at radius 2 is 2.50 bits per heavy atom. The summed E-state index contributed by atoms with van der Waals surface area (Å²) < 4.78 is 3.87. The summed E-state index contributed by atoms with van der Waals surface area (Å²) in [7, 11) is 0. The topological polar surface area (TPSA) is 66.3 Å². The van der Waals surface area contributed by atoms with Crippen molar-refractivity contribution in [3.63, 3.8) is 0 Å². The second-order valence-corrected chi connectivity index (χ2v) is 4.20. The van der Waals surface area contributed by atoms with Gasteiger partial charge in [-0.25, -0.2) is 4.98 Å². The molecular formula is C8H11N3O2S. The third-order valence-electron chi connectivity index (χ3n) is 2.12. The molecule has 1 fully saturated rings. The van der Waals surface area contributed by atoms with Crippen molar-refractivity contribution in [1.29, 1.82) is 0 Å². The van der Waals surface area contributed by atoms with E-state index in [2.05, 4.69) is 9.36 Å². The zero-order chi connectivity index (χ0) is 9.97. The van der Waals surface area contributed by atoms with Crippen LogP contribution in [-0.2, 0) is 4.79 Å². The van der Waals surface area contributed by atoms with Gasteiger partial charge in [0.15, 0.2) is 0 Å². The molecule has 0 saturated heterocycles. The zero-order valence-corrected chi connectivity index (χ0v) is 8.40. The second-order valence-electron chi connectivity index (χ2n) is 3.44. The van der Waals surface area contributed by atoms with E-state index in [-0.39, 0.29) is 6.54 Å². The molecule has 2 rings (SSSR count). The first-order valence-corrected chi connectivity index (χ1v) is 5.26. The molecule has 0 radical (unpaired) electrons. The highest BCUT2D eigenvalue weighted by molar-refractivity contribution is 7.09. The van der Waals surface area contributed by atoms with Gasteiger partial charge in [-0.1, -0.05) is 0 Å². The molecule has 0 bridgehead atoms. The first-order valence-electron chi connectivity index (χ1n) is 4.49. The van der Waals surface area contributed by atoms with E-state index in [0.29, 0.717) is 11.0 Å². The van der Waals surface area contributed by atoms with Crippen LogP contribution < -0.4 is 4.90 Å². The van der Waals surface area contributed by atoms with E-state index < -0.39 is 5.97 Å². The predicted molar refractivity (Wildman–Crippen MR) is 52.5 cm³/mol. The second kappa shape index (κ2) is 3.91. The quantitative estimate of drug-likeness (QED) is 0.785. The highest BCUT2D eigenvalue weighted by atomic mass is 32.1. The number of hydrogen-bond donors (Lipinski definition) is 1. The number of rotatable bonds is 5. The fourth-order valence-corrected chi connectivity index (χ4v) is 1.83. The zero-order valence-electron chi connectivity index (χ0n) is 7.59. The van der Waals surface area contributed by atoms with Crippen LogP contribution in [0.25, 0.3) is 0 Å². The van der Waals surface area contributed by atoms with Gasteiger partial charge in [-0.3, -0.25) is 4.79 Å². The van der Waals surface area contributed by atoms with Crippen LogP contribution in [0.2, 0.25) is 0 Å². The van der Waals surface area contributed by atoms with Crippen LogP contribution in [0.3, 0.4) is 0 Å². The van der Waals surface area contributed by atoms with Crippen molar-refractivity contribution in [3.8, 4) is 0 Å². The van der Waals surface area contributed by atoms with Gasteiger partial charge in [0, 0.05) is 18.1 Å². The number of aromatic nitrogens is 2. The summed E-state index contributed by atoms with van der Waals surface area (Å²) in [6.45, 7) is 0.813. The number of carboxylic acids is 1. The fraction of sp³-hybridized carbons (Fsp3) is 0.625. The molecule has 0 aromatic carbocycles. The Morgan fingerprint density at radius 1 is 1.71 bits per heavy atom. The summed E-state index contributed by atoms with van der Waals surface area (Å²) in [5.41, 5.74) is 0. The van der Waals surface area contributed by atoms with Gasteiger partial charge in [0.05, 0.1) is 0 Å². The maximum Gasteiger partial charge on any atom is 0.323 e. The molecule has 1 aliphatic carbocycles. The van der Waals surface area contributed by atoms with Gasteiger partial charge >= 0.3 is 5.97 Å². The molecule has 76 valence electrons. The molecule has 14 heavy (non-hydrogen) atoms. The van der Waals surface area contributed by atoms with Crippen LogP contribution in [0, 0.1) is 5.92 Å². The van der Waals surface area contributed by atoms with Crippen molar-refractivity contribution < 1.29 is 9.90 Å². The van der Waals surface area contributed by atoms with Crippen molar-refractivity contribution in [1.82, 2.24) is 9.36 Å². The number of aliphatic carboxylic acids is 1. The molecule has 1 saturated carbocycles. The smallest absolute Gasteiger partial charge is 0.323 e. The van der Waals surface area contributed by atoms with Crippen molar-refractivity contribution >= 4 is 22.6 Å². The number of hydrogen-bond acceptors (Lipinski definition) is 5. The van der Waals surface area contributed by atoms with Crippen LogP contribution >= 0.6 is 11.5 Å². The Bertz CT molecular complexity index is 310. The molecule has 5 nitrogen and oxygen atoms in total. The summed E-state index contributed by atoms with van der Waals surface area (Å²) in [5, 5.41) is 9.44. The third-order valence-corrected chi connectivity index (χ3v) is 2.85. The first-order chi connectivity index (χ1) is 6.75. The van der Waals surface area contributed by atoms with E-state index in [1.54, 1.807) is 4.90 Å². The summed E-state index contributed by atoms with van der Waals surface area (Å²) in [6, 6.07) is 0. The Morgan fingerprint density at radius 3 is 3.00 bits per heavy atom. The minimum absolute atomic E-state index is 0.0195. The van der Waals surface area contributed by atoms with Crippen molar-refractivity contribution in [2.24, 2.45) is 5.92 Å². The molecule has 1 aromatic rings. The van der Waals surface area contributed by atoms with Crippen molar-refractivity contribution in [3.05, 3.63) is 6.33 Å².